The van der Waals surface area contributed by atoms with E-state index in [1.807, 2.05) is 6.92 Å². The van der Waals surface area contributed by atoms with E-state index in [9.17, 15) is 14.4 Å². The Morgan fingerprint density at radius 2 is 1.92 bits per heavy atom. The molecular formula is C15H16ClN3O4S. The molecular weight excluding hydrogens is 354 g/mol. The fourth-order valence-electron chi connectivity index (χ4n) is 1.99. The molecule has 0 aliphatic rings. The van der Waals surface area contributed by atoms with Crippen LogP contribution >= 0.6 is 23.4 Å². The van der Waals surface area contributed by atoms with E-state index in [1.165, 1.54) is 23.4 Å². The number of benzene rings is 1. The fourth-order valence-corrected chi connectivity index (χ4v) is 2.81. The average Bonchev–Trinajstić information content (AvgIpc) is 2.56. The summed E-state index contributed by atoms with van der Waals surface area (Å²) in [7, 11) is 1.19. The lowest BCUT2D eigenvalue weighted by Crippen LogP contribution is -2.44. The van der Waals surface area contributed by atoms with Gasteiger partial charge in [-0.3, -0.25) is 9.36 Å². The summed E-state index contributed by atoms with van der Waals surface area (Å²) in [6.45, 7) is 1.63. The first kappa shape index (κ1) is 18.3. The molecule has 24 heavy (non-hydrogen) atoms. The van der Waals surface area contributed by atoms with Crippen molar-refractivity contribution >= 4 is 29.3 Å². The molecule has 0 fully saturated rings. The largest absolute Gasteiger partial charge is 0.468 e. The van der Waals surface area contributed by atoms with Crippen LogP contribution in [-0.4, -0.2) is 33.0 Å². The Hall–Kier alpha value is -2.06. The van der Waals surface area contributed by atoms with Gasteiger partial charge in [0.2, 0.25) is 0 Å². The number of ether oxygens (including phenoxy) is 1. The van der Waals surface area contributed by atoms with Crippen LogP contribution in [0.2, 0.25) is 5.02 Å². The zero-order valence-corrected chi connectivity index (χ0v) is 14.8. The zero-order valence-electron chi connectivity index (χ0n) is 13.2. The van der Waals surface area contributed by atoms with Gasteiger partial charge < -0.3 is 4.74 Å². The van der Waals surface area contributed by atoms with Crippen molar-refractivity contribution in [3.8, 4) is 0 Å². The van der Waals surface area contributed by atoms with E-state index < -0.39 is 23.9 Å². The second kappa shape index (κ2) is 8.16. The summed E-state index contributed by atoms with van der Waals surface area (Å²) < 4.78 is 6.65. The predicted molar refractivity (Wildman–Crippen MR) is 91.7 cm³/mol. The molecule has 0 aliphatic carbocycles. The molecule has 0 radical (unpaired) electrons. The van der Waals surface area contributed by atoms with Crippen LogP contribution < -0.4 is 11.4 Å². The Kier molecular flexibility index (Phi) is 6.22. The molecule has 0 unspecified atom stereocenters. The lowest BCUT2D eigenvalue weighted by Gasteiger charge is -2.13. The topological polar surface area (TPSA) is 83.2 Å². The summed E-state index contributed by atoms with van der Waals surface area (Å²) in [4.78, 5) is 40.0. The average molecular weight is 370 g/mol. The molecule has 0 atom stereocenters. The lowest BCUT2D eigenvalue weighted by atomic mass is 10.2. The molecule has 0 saturated carbocycles. The summed E-state index contributed by atoms with van der Waals surface area (Å²) in [5, 5.41) is 0.895. The van der Waals surface area contributed by atoms with Gasteiger partial charge in [-0.15, -0.1) is 0 Å². The first-order chi connectivity index (χ1) is 11.5. The maximum Gasteiger partial charge on any atom is 0.354 e. The highest BCUT2D eigenvalue weighted by Gasteiger charge is 2.16. The molecule has 0 aliphatic heterocycles. The second-order valence-electron chi connectivity index (χ2n) is 4.77. The molecule has 0 N–H and O–H groups in total. The van der Waals surface area contributed by atoms with E-state index in [4.69, 9.17) is 11.6 Å². The van der Waals surface area contributed by atoms with E-state index in [0.29, 0.717) is 15.9 Å². The van der Waals surface area contributed by atoms with Crippen LogP contribution in [0.4, 0.5) is 0 Å². The van der Waals surface area contributed by atoms with Crippen LogP contribution in [0.15, 0.2) is 39.0 Å². The van der Waals surface area contributed by atoms with Gasteiger partial charge in [0.05, 0.1) is 13.7 Å². The molecule has 7 nitrogen and oxygen atoms in total. The first-order valence-electron chi connectivity index (χ1n) is 7.12. The predicted octanol–water partition coefficient (Wildman–Crippen LogP) is 1.39. The molecule has 0 amide bonds. The van der Waals surface area contributed by atoms with Crippen molar-refractivity contribution in [1.29, 1.82) is 0 Å². The Balaban J connectivity index is 2.51. The fraction of sp³-hybridized carbons (Fsp3) is 0.333. The van der Waals surface area contributed by atoms with Crippen LogP contribution in [0.3, 0.4) is 0 Å². The summed E-state index contributed by atoms with van der Waals surface area (Å²) in [6, 6.07) is 6.99. The van der Waals surface area contributed by atoms with Crippen LogP contribution in [0.25, 0.3) is 0 Å². The Morgan fingerprint density at radius 3 is 2.50 bits per heavy atom. The molecule has 2 aromatic rings. The number of esters is 1. The van der Waals surface area contributed by atoms with Crippen LogP contribution in [0, 0.1) is 0 Å². The third kappa shape index (κ3) is 4.27. The number of methoxy groups -OCH3 is 1. The summed E-state index contributed by atoms with van der Waals surface area (Å²) in [5.74, 6) is -0.0435. The van der Waals surface area contributed by atoms with E-state index in [-0.39, 0.29) is 6.54 Å². The van der Waals surface area contributed by atoms with Gasteiger partial charge in [0, 0.05) is 5.02 Å². The van der Waals surface area contributed by atoms with E-state index in [2.05, 4.69) is 9.72 Å². The number of carbonyl (C=O) groups is 1. The van der Waals surface area contributed by atoms with Crippen molar-refractivity contribution in [3.05, 3.63) is 55.8 Å². The smallest absolute Gasteiger partial charge is 0.354 e. The highest BCUT2D eigenvalue weighted by atomic mass is 35.5. The minimum absolute atomic E-state index is 0.215. The molecule has 1 aromatic heterocycles. The Labute approximate surface area is 147 Å². The summed E-state index contributed by atoms with van der Waals surface area (Å²) >= 11 is 7.15. The molecule has 1 heterocycles. The van der Waals surface area contributed by atoms with Crippen molar-refractivity contribution in [2.75, 3.05) is 12.9 Å². The first-order valence-corrected chi connectivity index (χ1v) is 8.48. The standard InChI is InChI=1S/C15H16ClN3O4S/c1-3-24-14-17-13(21)18(9-12(20)23-2)15(22)19(14)8-10-4-6-11(16)7-5-10/h4-7H,3,8-9H2,1-2H3. The van der Waals surface area contributed by atoms with E-state index in [0.717, 1.165) is 10.1 Å². The number of rotatable bonds is 6. The number of carbonyl (C=O) groups excluding carboxylic acids is 1. The Bertz CT molecular complexity index is 845. The highest BCUT2D eigenvalue weighted by Crippen LogP contribution is 2.15. The molecule has 1 aromatic carbocycles. The van der Waals surface area contributed by atoms with Crippen molar-refractivity contribution in [3.63, 3.8) is 0 Å². The number of halogens is 1. The van der Waals surface area contributed by atoms with Crippen LogP contribution in [-0.2, 0) is 22.6 Å². The van der Waals surface area contributed by atoms with Gasteiger partial charge in [-0.25, -0.2) is 14.2 Å². The quantitative estimate of drug-likeness (QED) is 0.565. The third-order valence-electron chi connectivity index (χ3n) is 3.16. The highest BCUT2D eigenvalue weighted by molar-refractivity contribution is 7.99. The van der Waals surface area contributed by atoms with Crippen molar-refractivity contribution in [1.82, 2.24) is 14.1 Å². The molecule has 0 saturated heterocycles. The zero-order chi connectivity index (χ0) is 17.7. The van der Waals surface area contributed by atoms with Crippen molar-refractivity contribution in [2.24, 2.45) is 0 Å². The van der Waals surface area contributed by atoms with Gasteiger partial charge in [0.1, 0.15) is 6.54 Å². The SMILES string of the molecule is CCSc1nc(=O)n(CC(=O)OC)c(=O)n1Cc1ccc(Cl)cc1. The minimum Gasteiger partial charge on any atom is -0.468 e. The lowest BCUT2D eigenvalue weighted by molar-refractivity contribution is -0.141. The molecule has 0 spiro atoms. The number of nitrogens with zero attached hydrogens (tertiary/aromatic N) is 3. The third-order valence-corrected chi connectivity index (χ3v) is 4.27. The van der Waals surface area contributed by atoms with Crippen molar-refractivity contribution in [2.45, 2.75) is 25.2 Å². The monoisotopic (exact) mass is 369 g/mol. The molecule has 0 bridgehead atoms. The number of thioether (sulfide) groups is 1. The molecule has 2 rings (SSSR count). The van der Waals surface area contributed by atoms with Crippen LogP contribution in [0.1, 0.15) is 12.5 Å². The van der Waals surface area contributed by atoms with Gasteiger partial charge in [-0.05, 0) is 23.4 Å². The number of hydrogen-bond acceptors (Lipinski definition) is 6. The maximum absolute atomic E-state index is 12.6. The summed E-state index contributed by atoms with van der Waals surface area (Å²) in [5.41, 5.74) is -0.551. The van der Waals surface area contributed by atoms with Gasteiger partial charge in [0.15, 0.2) is 5.16 Å². The number of hydrogen-bond donors (Lipinski definition) is 0. The van der Waals surface area contributed by atoms with Crippen molar-refractivity contribution < 1.29 is 9.53 Å². The van der Waals surface area contributed by atoms with E-state index in [1.54, 1.807) is 24.3 Å². The minimum atomic E-state index is -0.770. The van der Waals surface area contributed by atoms with Crippen LogP contribution in [0.5, 0.6) is 0 Å². The summed E-state index contributed by atoms with van der Waals surface area (Å²) in [6.07, 6.45) is 0. The van der Waals surface area contributed by atoms with Gasteiger partial charge in [-0.2, -0.15) is 4.98 Å². The van der Waals surface area contributed by atoms with E-state index >= 15 is 0 Å². The van der Waals surface area contributed by atoms with Gasteiger partial charge >= 0.3 is 17.3 Å². The normalized spacial score (nSPS) is 10.6. The van der Waals surface area contributed by atoms with Gasteiger partial charge in [0.25, 0.3) is 0 Å². The number of aromatic nitrogens is 3. The Morgan fingerprint density at radius 1 is 1.25 bits per heavy atom. The van der Waals surface area contributed by atoms with Gasteiger partial charge in [-0.1, -0.05) is 42.4 Å². The second-order valence-corrected chi connectivity index (χ2v) is 6.44. The molecule has 9 heteroatoms. The maximum atomic E-state index is 12.6. The molecule has 128 valence electrons.